The summed E-state index contributed by atoms with van der Waals surface area (Å²) >= 11 is 0. The minimum Gasteiger partial charge on any atom is -0.367 e. The van der Waals surface area contributed by atoms with Gasteiger partial charge in [0.15, 0.2) is 0 Å². The van der Waals surface area contributed by atoms with Crippen LogP contribution in [-0.4, -0.2) is 18.6 Å². The predicted octanol–water partition coefficient (Wildman–Crippen LogP) is 1.51. The molecule has 80 valence electrons. The Morgan fingerprint density at radius 3 is 2.64 bits per heavy atom. The molecule has 3 nitrogen and oxygen atoms in total. The van der Waals surface area contributed by atoms with E-state index in [2.05, 4.69) is 30.2 Å². The first-order valence-electron chi connectivity index (χ1n) is 5.19. The van der Waals surface area contributed by atoms with Crippen molar-refractivity contribution in [3.8, 4) is 0 Å². The van der Waals surface area contributed by atoms with E-state index in [1.165, 1.54) is 5.56 Å². The third-order valence-corrected chi connectivity index (χ3v) is 2.76. The van der Waals surface area contributed by atoms with Crippen molar-refractivity contribution in [3.05, 3.63) is 24.0 Å². The number of nitrogens with one attached hydrogen (secondary N) is 2. The molecule has 0 aliphatic carbocycles. The van der Waals surface area contributed by atoms with Crippen molar-refractivity contribution in [2.45, 2.75) is 19.9 Å². The summed E-state index contributed by atoms with van der Waals surface area (Å²) in [5, 5.41) is 3.20. The Morgan fingerprint density at radius 2 is 2.21 bits per heavy atom. The van der Waals surface area contributed by atoms with E-state index < -0.39 is 0 Å². The molecule has 0 bridgehead atoms. The molecule has 14 heavy (non-hydrogen) atoms. The van der Waals surface area contributed by atoms with Crippen molar-refractivity contribution < 1.29 is 0 Å². The van der Waals surface area contributed by atoms with Crippen LogP contribution in [-0.2, 0) is 0 Å². The first-order valence-corrected chi connectivity index (χ1v) is 5.19. The van der Waals surface area contributed by atoms with Gasteiger partial charge in [-0.3, -0.25) is 0 Å². The first-order chi connectivity index (χ1) is 6.66. The average molecular weight is 195 g/mol. The van der Waals surface area contributed by atoms with Crippen LogP contribution >= 0.6 is 0 Å². The van der Waals surface area contributed by atoms with Crippen LogP contribution in [0.15, 0.2) is 18.5 Å². The molecule has 1 rings (SSSR count). The van der Waals surface area contributed by atoms with Gasteiger partial charge in [-0.05, 0) is 37.1 Å². The highest BCUT2D eigenvalue weighted by atomic mass is 14.8. The van der Waals surface area contributed by atoms with Gasteiger partial charge in [0, 0.05) is 18.4 Å². The summed E-state index contributed by atoms with van der Waals surface area (Å²) < 4.78 is 0. The molecule has 4 N–H and O–H groups in total. The van der Waals surface area contributed by atoms with Crippen molar-refractivity contribution >= 4 is 0 Å². The largest absolute Gasteiger partial charge is 0.367 e. The average Bonchev–Trinajstić information content (AvgIpc) is 2.65. The Morgan fingerprint density at radius 1 is 1.50 bits per heavy atom. The molecule has 1 aromatic heterocycles. The molecule has 0 aliphatic rings. The lowest BCUT2D eigenvalue weighted by Gasteiger charge is -2.26. The predicted molar refractivity (Wildman–Crippen MR) is 60.0 cm³/mol. The zero-order chi connectivity index (χ0) is 10.6. The molecule has 2 unspecified atom stereocenters. The quantitative estimate of drug-likeness (QED) is 0.667. The summed E-state index contributed by atoms with van der Waals surface area (Å²) in [6.45, 7) is 5.40. The van der Waals surface area contributed by atoms with Gasteiger partial charge in [0.05, 0.1) is 0 Å². The second kappa shape index (κ2) is 5.17. The number of hydrogen-bond donors (Lipinski definition) is 3. The second-order valence-electron chi connectivity index (χ2n) is 4.14. The Balaban J connectivity index is 2.68. The number of aromatic nitrogens is 1. The van der Waals surface area contributed by atoms with Crippen LogP contribution in [0, 0.1) is 11.8 Å². The molecule has 0 radical (unpaired) electrons. The fourth-order valence-electron chi connectivity index (χ4n) is 1.80. The van der Waals surface area contributed by atoms with Gasteiger partial charge in [-0.1, -0.05) is 13.8 Å². The lowest BCUT2D eigenvalue weighted by molar-refractivity contribution is 0.314. The summed E-state index contributed by atoms with van der Waals surface area (Å²) in [5.41, 5.74) is 7.40. The fourth-order valence-corrected chi connectivity index (χ4v) is 1.80. The van der Waals surface area contributed by atoms with E-state index >= 15 is 0 Å². The van der Waals surface area contributed by atoms with Crippen molar-refractivity contribution in [1.82, 2.24) is 10.3 Å². The van der Waals surface area contributed by atoms with Gasteiger partial charge in [0.25, 0.3) is 0 Å². The van der Waals surface area contributed by atoms with Crippen LogP contribution in [0.3, 0.4) is 0 Å². The number of hydrogen-bond acceptors (Lipinski definition) is 2. The molecule has 0 saturated carbocycles. The van der Waals surface area contributed by atoms with Gasteiger partial charge in [-0.2, -0.15) is 0 Å². The molecular weight excluding hydrogens is 174 g/mol. The fraction of sp³-hybridized carbons (Fsp3) is 0.636. The lowest BCUT2D eigenvalue weighted by Crippen LogP contribution is -2.33. The van der Waals surface area contributed by atoms with Gasteiger partial charge in [0.1, 0.15) is 0 Å². The number of aromatic amines is 1. The summed E-state index contributed by atoms with van der Waals surface area (Å²) in [4.78, 5) is 3.05. The Bertz CT molecular complexity index is 241. The molecular formula is C11H21N3. The van der Waals surface area contributed by atoms with Gasteiger partial charge in [-0.25, -0.2) is 0 Å². The van der Waals surface area contributed by atoms with Crippen LogP contribution in [0.1, 0.15) is 25.5 Å². The smallest absolute Gasteiger partial charge is 0.0353 e. The zero-order valence-electron chi connectivity index (χ0n) is 9.25. The van der Waals surface area contributed by atoms with Gasteiger partial charge >= 0.3 is 0 Å². The summed E-state index contributed by atoms with van der Waals surface area (Å²) in [6.07, 6.45) is 3.90. The van der Waals surface area contributed by atoms with Crippen LogP contribution in [0.25, 0.3) is 0 Å². The molecule has 2 atom stereocenters. The standard InChI is InChI=1S/C11H21N3/c1-8(2)10(7-13-3)11(12)9-4-5-14-6-9/h4-6,8,10-11,13-14H,7,12H2,1-3H3. The SMILES string of the molecule is CNCC(C(C)C)C(N)c1cc[nH]c1. The summed E-state index contributed by atoms with van der Waals surface area (Å²) in [5.74, 6) is 1.07. The second-order valence-corrected chi connectivity index (χ2v) is 4.14. The van der Waals surface area contributed by atoms with Crippen molar-refractivity contribution in [1.29, 1.82) is 0 Å². The highest BCUT2D eigenvalue weighted by Crippen LogP contribution is 2.24. The maximum atomic E-state index is 6.21. The molecule has 1 heterocycles. The van der Waals surface area contributed by atoms with E-state index in [-0.39, 0.29) is 6.04 Å². The summed E-state index contributed by atoms with van der Waals surface area (Å²) in [7, 11) is 1.97. The van der Waals surface area contributed by atoms with E-state index in [1.54, 1.807) is 0 Å². The number of H-pyrrole nitrogens is 1. The maximum absolute atomic E-state index is 6.21. The third-order valence-electron chi connectivity index (χ3n) is 2.76. The topological polar surface area (TPSA) is 53.8 Å². The van der Waals surface area contributed by atoms with Crippen molar-refractivity contribution in [2.24, 2.45) is 17.6 Å². The van der Waals surface area contributed by atoms with Crippen molar-refractivity contribution in [2.75, 3.05) is 13.6 Å². The molecule has 0 fully saturated rings. The maximum Gasteiger partial charge on any atom is 0.0353 e. The summed E-state index contributed by atoms with van der Waals surface area (Å²) in [6, 6.07) is 2.17. The molecule has 1 aromatic rings. The normalized spacial score (nSPS) is 15.8. The van der Waals surface area contributed by atoms with E-state index in [1.807, 2.05) is 19.4 Å². The van der Waals surface area contributed by atoms with E-state index in [9.17, 15) is 0 Å². The van der Waals surface area contributed by atoms with E-state index in [0.29, 0.717) is 11.8 Å². The highest BCUT2D eigenvalue weighted by Gasteiger charge is 2.22. The van der Waals surface area contributed by atoms with Gasteiger partial charge in [0.2, 0.25) is 0 Å². The highest BCUT2D eigenvalue weighted by molar-refractivity contribution is 5.14. The van der Waals surface area contributed by atoms with Crippen LogP contribution < -0.4 is 11.1 Å². The number of rotatable bonds is 5. The Hall–Kier alpha value is -0.800. The van der Waals surface area contributed by atoms with Gasteiger partial charge < -0.3 is 16.0 Å². The Kier molecular flexibility index (Phi) is 4.17. The lowest BCUT2D eigenvalue weighted by atomic mass is 9.86. The van der Waals surface area contributed by atoms with Gasteiger partial charge in [-0.15, -0.1) is 0 Å². The van der Waals surface area contributed by atoms with E-state index in [0.717, 1.165) is 6.54 Å². The molecule has 0 saturated heterocycles. The minimum absolute atomic E-state index is 0.119. The van der Waals surface area contributed by atoms with Crippen LogP contribution in [0.4, 0.5) is 0 Å². The number of nitrogens with two attached hydrogens (primary N) is 1. The first kappa shape index (κ1) is 11.3. The monoisotopic (exact) mass is 195 g/mol. The molecule has 3 heteroatoms. The molecule has 0 spiro atoms. The molecule has 0 amide bonds. The van der Waals surface area contributed by atoms with Crippen molar-refractivity contribution in [3.63, 3.8) is 0 Å². The third kappa shape index (κ3) is 2.59. The molecule has 0 aromatic carbocycles. The Labute approximate surface area is 86.1 Å². The molecule has 0 aliphatic heterocycles. The zero-order valence-corrected chi connectivity index (χ0v) is 9.25. The van der Waals surface area contributed by atoms with Crippen LogP contribution in [0.2, 0.25) is 0 Å². The van der Waals surface area contributed by atoms with E-state index in [4.69, 9.17) is 5.73 Å². The minimum atomic E-state index is 0.119. The van der Waals surface area contributed by atoms with Crippen LogP contribution in [0.5, 0.6) is 0 Å².